The van der Waals surface area contributed by atoms with Crippen molar-refractivity contribution >= 4 is 0 Å². The molecular formula is C17H27N3. The van der Waals surface area contributed by atoms with Crippen LogP contribution in [-0.2, 0) is 0 Å². The van der Waals surface area contributed by atoms with Crippen molar-refractivity contribution < 1.29 is 0 Å². The van der Waals surface area contributed by atoms with Crippen molar-refractivity contribution in [2.24, 2.45) is 5.73 Å². The highest BCUT2D eigenvalue weighted by molar-refractivity contribution is 5.24. The van der Waals surface area contributed by atoms with E-state index in [2.05, 4.69) is 41.0 Å². The van der Waals surface area contributed by atoms with Crippen molar-refractivity contribution in [3.8, 4) is 0 Å². The van der Waals surface area contributed by atoms with Gasteiger partial charge in [0.1, 0.15) is 0 Å². The van der Waals surface area contributed by atoms with E-state index < -0.39 is 0 Å². The van der Waals surface area contributed by atoms with Crippen LogP contribution in [0.3, 0.4) is 0 Å². The fourth-order valence-corrected chi connectivity index (χ4v) is 3.58. The van der Waals surface area contributed by atoms with Crippen LogP contribution in [0.25, 0.3) is 0 Å². The molecule has 20 heavy (non-hydrogen) atoms. The molecule has 0 aromatic heterocycles. The highest BCUT2D eigenvalue weighted by Gasteiger charge is 2.29. The predicted octanol–water partition coefficient (Wildman–Crippen LogP) is 2.16. The van der Waals surface area contributed by atoms with Gasteiger partial charge in [-0.05, 0) is 31.9 Å². The van der Waals surface area contributed by atoms with Crippen LogP contribution < -0.4 is 5.73 Å². The Morgan fingerprint density at radius 3 is 2.75 bits per heavy atom. The first-order valence-electron chi connectivity index (χ1n) is 8.01. The SMILES string of the molecule is Cc1ccc(C(N)CN2CCN3CCCCC3C2)cc1. The third-order valence-corrected chi connectivity index (χ3v) is 4.88. The number of benzene rings is 1. The van der Waals surface area contributed by atoms with E-state index >= 15 is 0 Å². The van der Waals surface area contributed by atoms with E-state index in [1.165, 1.54) is 56.6 Å². The van der Waals surface area contributed by atoms with Gasteiger partial charge in [-0.2, -0.15) is 0 Å². The average Bonchev–Trinajstić information content (AvgIpc) is 2.48. The maximum absolute atomic E-state index is 6.39. The van der Waals surface area contributed by atoms with Crippen LogP contribution in [0.5, 0.6) is 0 Å². The topological polar surface area (TPSA) is 32.5 Å². The minimum Gasteiger partial charge on any atom is -0.323 e. The number of fused-ring (bicyclic) bond motifs is 1. The van der Waals surface area contributed by atoms with Gasteiger partial charge in [0.2, 0.25) is 0 Å². The first-order valence-corrected chi connectivity index (χ1v) is 8.01. The number of piperazine rings is 1. The summed E-state index contributed by atoms with van der Waals surface area (Å²) in [7, 11) is 0. The minimum absolute atomic E-state index is 0.144. The van der Waals surface area contributed by atoms with Crippen molar-refractivity contribution in [3.05, 3.63) is 35.4 Å². The van der Waals surface area contributed by atoms with Crippen LogP contribution in [0.15, 0.2) is 24.3 Å². The van der Waals surface area contributed by atoms with E-state index in [4.69, 9.17) is 5.73 Å². The zero-order chi connectivity index (χ0) is 13.9. The molecule has 1 aromatic rings. The molecule has 0 aliphatic carbocycles. The average molecular weight is 273 g/mol. The Morgan fingerprint density at radius 2 is 1.95 bits per heavy atom. The number of hydrogen-bond acceptors (Lipinski definition) is 3. The molecule has 3 heteroatoms. The lowest BCUT2D eigenvalue weighted by Gasteiger charge is -2.44. The fraction of sp³-hybridized carbons (Fsp3) is 0.647. The molecule has 2 saturated heterocycles. The Balaban J connectivity index is 1.56. The Bertz CT molecular complexity index is 428. The van der Waals surface area contributed by atoms with E-state index in [0.717, 1.165) is 12.6 Å². The van der Waals surface area contributed by atoms with Gasteiger partial charge >= 0.3 is 0 Å². The number of piperidine rings is 1. The molecule has 0 amide bonds. The third kappa shape index (κ3) is 3.22. The maximum atomic E-state index is 6.39. The van der Waals surface area contributed by atoms with E-state index in [9.17, 15) is 0 Å². The van der Waals surface area contributed by atoms with Crippen molar-refractivity contribution in [3.63, 3.8) is 0 Å². The Hall–Kier alpha value is -0.900. The van der Waals surface area contributed by atoms with Gasteiger partial charge < -0.3 is 5.73 Å². The van der Waals surface area contributed by atoms with Gasteiger partial charge in [-0.3, -0.25) is 9.80 Å². The van der Waals surface area contributed by atoms with E-state index in [0.29, 0.717) is 0 Å². The summed E-state index contributed by atoms with van der Waals surface area (Å²) in [5.74, 6) is 0. The molecule has 2 fully saturated rings. The molecule has 2 unspecified atom stereocenters. The minimum atomic E-state index is 0.144. The zero-order valence-corrected chi connectivity index (χ0v) is 12.6. The van der Waals surface area contributed by atoms with Gasteiger partial charge in [0.25, 0.3) is 0 Å². The summed E-state index contributed by atoms with van der Waals surface area (Å²) in [5.41, 5.74) is 8.96. The molecule has 0 bridgehead atoms. The molecule has 0 radical (unpaired) electrons. The van der Waals surface area contributed by atoms with Gasteiger partial charge in [0, 0.05) is 38.3 Å². The molecule has 3 nitrogen and oxygen atoms in total. The predicted molar refractivity (Wildman–Crippen MR) is 83.8 cm³/mol. The molecule has 2 atom stereocenters. The smallest absolute Gasteiger partial charge is 0.0424 e. The first-order chi connectivity index (χ1) is 9.72. The summed E-state index contributed by atoms with van der Waals surface area (Å²) in [6.45, 7) is 8.04. The lowest BCUT2D eigenvalue weighted by molar-refractivity contribution is 0.0466. The molecule has 110 valence electrons. The number of rotatable bonds is 3. The molecule has 2 aliphatic heterocycles. The highest BCUT2D eigenvalue weighted by atomic mass is 15.3. The number of hydrogen-bond donors (Lipinski definition) is 1. The molecule has 0 saturated carbocycles. The van der Waals surface area contributed by atoms with Crippen LogP contribution in [0.2, 0.25) is 0 Å². The van der Waals surface area contributed by atoms with E-state index in [1.807, 2.05) is 0 Å². The lowest BCUT2D eigenvalue weighted by Crippen LogP contribution is -2.55. The molecular weight excluding hydrogens is 246 g/mol. The quantitative estimate of drug-likeness (QED) is 0.916. The van der Waals surface area contributed by atoms with Crippen molar-refractivity contribution in [1.29, 1.82) is 0 Å². The Morgan fingerprint density at radius 1 is 1.15 bits per heavy atom. The number of nitrogens with two attached hydrogens (primary N) is 1. The molecule has 2 heterocycles. The van der Waals surface area contributed by atoms with Gasteiger partial charge in [-0.15, -0.1) is 0 Å². The number of aryl methyl sites for hydroxylation is 1. The first kappa shape index (κ1) is 14.1. The van der Waals surface area contributed by atoms with Crippen LogP contribution in [0.1, 0.15) is 36.4 Å². The van der Waals surface area contributed by atoms with Gasteiger partial charge in [0.15, 0.2) is 0 Å². The second-order valence-corrected chi connectivity index (χ2v) is 6.46. The van der Waals surface area contributed by atoms with Gasteiger partial charge in [-0.25, -0.2) is 0 Å². The van der Waals surface area contributed by atoms with Crippen LogP contribution in [-0.4, -0.2) is 48.6 Å². The van der Waals surface area contributed by atoms with Crippen LogP contribution in [0, 0.1) is 6.92 Å². The molecule has 2 aliphatic rings. The van der Waals surface area contributed by atoms with Gasteiger partial charge in [-0.1, -0.05) is 36.2 Å². The fourth-order valence-electron chi connectivity index (χ4n) is 3.58. The van der Waals surface area contributed by atoms with Crippen LogP contribution >= 0.6 is 0 Å². The van der Waals surface area contributed by atoms with E-state index in [1.54, 1.807) is 0 Å². The summed E-state index contributed by atoms with van der Waals surface area (Å²) in [5, 5.41) is 0. The largest absolute Gasteiger partial charge is 0.323 e. The van der Waals surface area contributed by atoms with Crippen molar-refractivity contribution in [2.45, 2.75) is 38.3 Å². The zero-order valence-electron chi connectivity index (χ0n) is 12.6. The van der Waals surface area contributed by atoms with Crippen molar-refractivity contribution in [2.75, 3.05) is 32.7 Å². The lowest BCUT2D eigenvalue weighted by atomic mass is 9.98. The van der Waals surface area contributed by atoms with E-state index in [-0.39, 0.29) is 6.04 Å². The summed E-state index contributed by atoms with van der Waals surface area (Å²) in [6.07, 6.45) is 4.16. The normalized spacial score (nSPS) is 26.2. The summed E-state index contributed by atoms with van der Waals surface area (Å²) >= 11 is 0. The number of nitrogens with zero attached hydrogens (tertiary/aromatic N) is 2. The third-order valence-electron chi connectivity index (χ3n) is 4.88. The molecule has 0 spiro atoms. The molecule has 1 aromatic carbocycles. The van der Waals surface area contributed by atoms with Crippen molar-refractivity contribution in [1.82, 2.24) is 9.80 Å². The summed E-state index contributed by atoms with van der Waals surface area (Å²) in [4.78, 5) is 5.24. The summed E-state index contributed by atoms with van der Waals surface area (Å²) < 4.78 is 0. The monoisotopic (exact) mass is 273 g/mol. The maximum Gasteiger partial charge on any atom is 0.0424 e. The Kier molecular flexibility index (Phi) is 4.39. The van der Waals surface area contributed by atoms with Crippen LogP contribution in [0.4, 0.5) is 0 Å². The molecule has 3 rings (SSSR count). The molecule has 2 N–H and O–H groups in total. The Labute approximate surface area is 122 Å². The highest BCUT2D eigenvalue weighted by Crippen LogP contribution is 2.22. The van der Waals surface area contributed by atoms with Gasteiger partial charge in [0.05, 0.1) is 0 Å². The standard InChI is InChI=1S/C17H27N3/c1-14-5-7-15(8-6-14)17(18)13-19-10-11-20-9-3-2-4-16(20)12-19/h5-8,16-17H,2-4,9-13,18H2,1H3. The second kappa shape index (κ2) is 6.25. The summed E-state index contributed by atoms with van der Waals surface area (Å²) in [6, 6.07) is 9.60. The second-order valence-electron chi connectivity index (χ2n) is 6.46.